The predicted octanol–water partition coefficient (Wildman–Crippen LogP) is 2.01. The fraction of sp³-hybridized carbons (Fsp3) is 0.526. The second-order valence-corrected chi connectivity index (χ2v) is 8.68. The number of aromatic nitrogens is 3. The minimum Gasteiger partial charge on any atom is -0.354 e. The van der Waals surface area contributed by atoms with E-state index >= 15 is 0 Å². The lowest BCUT2D eigenvalue weighted by atomic mass is 9.95. The Morgan fingerprint density at radius 2 is 2.15 bits per heavy atom. The number of nitrogens with zero attached hydrogens (tertiary/aromatic N) is 4. The first kappa shape index (κ1) is 19.5. The van der Waals surface area contributed by atoms with E-state index in [2.05, 4.69) is 25.8 Å². The van der Waals surface area contributed by atoms with Crippen molar-refractivity contribution in [2.24, 2.45) is 4.99 Å². The van der Waals surface area contributed by atoms with E-state index in [1.54, 1.807) is 13.4 Å². The molecule has 0 spiro atoms. The van der Waals surface area contributed by atoms with Gasteiger partial charge in [0, 0.05) is 40.6 Å². The Bertz CT molecular complexity index is 776. The van der Waals surface area contributed by atoms with Gasteiger partial charge in [0.15, 0.2) is 11.8 Å². The molecule has 1 aliphatic rings. The van der Waals surface area contributed by atoms with Gasteiger partial charge in [-0.15, -0.1) is 10.2 Å². The number of rotatable bonds is 6. The molecule has 8 heteroatoms. The molecule has 0 radical (unpaired) electrons. The van der Waals surface area contributed by atoms with Crippen LogP contribution < -0.4 is 10.6 Å². The molecule has 1 heterocycles. The highest BCUT2D eigenvalue weighted by atomic mass is 32.2. The van der Waals surface area contributed by atoms with Gasteiger partial charge in [-0.1, -0.05) is 31.5 Å². The molecule has 2 aromatic rings. The molecule has 1 aromatic heterocycles. The number of aliphatic imine (C=N–C) groups is 1. The number of para-hydroxylation sites is 1. The van der Waals surface area contributed by atoms with E-state index < -0.39 is 10.8 Å². The summed E-state index contributed by atoms with van der Waals surface area (Å²) in [4.78, 5) is 4.34. The quantitative estimate of drug-likeness (QED) is 0.584. The van der Waals surface area contributed by atoms with Gasteiger partial charge < -0.3 is 10.6 Å². The van der Waals surface area contributed by atoms with E-state index in [-0.39, 0.29) is 0 Å². The third kappa shape index (κ3) is 5.15. The van der Waals surface area contributed by atoms with Gasteiger partial charge in [-0.2, -0.15) is 0 Å². The van der Waals surface area contributed by atoms with Crippen LogP contribution >= 0.6 is 0 Å². The van der Waals surface area contributed by atoms with Crippen molar-refractivity contribution in [2.45, 2.75) is 50.4 Å². The topological polar surface area (TPSA) is 84.2 Å². The second-order valence-electron chi connectivity index (χ2n) is 6.68. The lowest BCUT2D eigenvalue weighted by Gasteiger charge is -2.30. The van der Waals surface area contributed by atoms with Crippen LogP contribution in [0.25, 0.3) is 5.69 Å². The lowest BCUT2D eigenvalue weighted by Crippen LogP contribution is -2.46. The molecule has 7 nitrogen and oxygen atoms in total. The fourth-order valence-electron chi connectivity index (χ4n) is 3.49. The molecule has 3 unspecified atom stereocenters. The summed E-state index contributed by atoms with van der Waals surface area (Å²) in [5.74, 6) is 2.29. The summed E-state index contributed by atoms with van der Waals surface area (Å²) in [7, 11) is 1.04. The maximum absolute atomic E-state index is 12.1. The number of guanidine groups is 1. The Morgan fingerprint density at radius 3 is 2.89 bits per heavy atom. The largest absolute Gasteiger partial charge is 0.354 e. The van der Waals surface area contributed by atoms with Gasteiger partial charge in [0.05, 0.1) is 6.54 Å². The van der Waals surface area contributed by atoms with E-state index in [4.69, 9.17) is 0 Å². The molecule has 3 rings (SSSR count). The highest BCUT2D eigenvalue weighted by molar-refractivity contribution is 7.85. The van der Waals surface area contributed by atoms with Crippen LogP contribution in [-0.4, -0.2) is 49.0 Å². The summed E-state index contributed by atoms with van der Waals surface area (Å²) in [6.45, 7) is 2.52. The van der Waals surface area contributed by atoms with Crippen molar-refractivity contribution < 1.29 is 4.21 Å². The van der Waals surface area contributed by atoms with Crippen LogP contribution in [0.15, 0.2) is 41.7 Å². The Hall–Kier alpha value is -2.22. The summed E-state index contributed by atoms with van der Waals surface area (Å²) in [5, 5.41) is 15.4. The number of benzene rings is 1. The van der Waals surface area contributed by atoms with Crippen molar-refractivity contribution in [1.82, 2.24) is 25.4 Å². The molecule has 1 fully saturated rings. The zero-order valence-electron chi connectivity index (χ0n) is 16.0. The Morgan fingerprint density at radius 1 is 1.33 bits per heavy atom. The van der Waals surface area contributed by atoms with Crippen molar-refractivity contribution in [3.05, 3.63) is 42.5 Å². The molecule has 146 valence electrons. The molecular weight excluding hydrogens is 360 g/mol. The van der Waals surface area contributed by atoms with E-state index in [0.717, 1.165) is 48.9 Å². The molecule has 0 bridgehead atoms. The van der Waals surface area contributed by atoms with Crippen LogP contribution in [0.5, 0.6) is 0 Å². The van der Waals surface area contributed by atoms with Gasteiger partial charge >= 0.3 is 0 Å². The number of nitrogens with one attached hydrogen (secondary N) is 2. The minimum absolute atomic E-state index is 0.292. The highest BCUT2D eigenvalue weighted by Crippen LogP contribution is 2.23. The van der Waals surface area contributed by atoms with Crippen molar-refractivity contribution in [1.29, 1.82) is 0 Å². The van der Waals surface area contributed by atoms with Gasteiger partial charge in [0.25, 0.3) is 0 Å². The minimum atomic E-state index is -0.725. The standard InChI is InChI=1S/C19H28N6OS/c1-3-27(26)17-11-7-8-15(12-17)23-19(20-2)21-13-18-24-22-14-25(18)16-9-5-4-6-10-16/h4-6,9-10,14-15,17H,3,7-8,11-13H2,1-2H3,(H2,20,21,23). The van der Waals surface area contributed by atoms with Gasteiger partial charge in [0.1, 0.15) is 6.33 Å². The van der Waals surface area contributed by atoms with E-state index in [1.165, 1.54) is 0 Å². The lowest BCUT2D eigenvalue weighted by molar-refractivity contribution is 0.413. The van der Waals surface area contributed by atoms with Crippen LogP contribution in [0, 0.1) is 0 Å². The second kappa shape index (κ2) is 9.64. The summed E-state index contributed by atoms with van der Waals surface area (Å²) in [6, 6.07) is 10.3. The molecule has 1 aromatic carbocycles. The Kier molecular flexibility index (Phi) is 6.98. The molecule has 0 saturated heterocycles. The SMILES string of the molecule is CCS(=O)C1CCCC(NC(=NC)NCc2nncn2-c2ccccc2)C1. The molecular formula is C19H28N6OS. The summed E-state index contributed by atoms with van der Waals surface area (Å²) in [5.41, 5.74) is 1.03. The monoisotopic (exact) mass is 388 g/mol. The van der Waals surface area contributed by atoms with Crippen molar-refractivity contribution >= 4 is 16.8 Å². The van der Waals surface area contributed by atoms with Gasteiger partial charge in [-0.05, 0) is 31.4 Å². The fourth-order valence-corrected chi connectivity index (χ4v) is 4.83. The molecule has 2 N–H and O–H groups in total. The zero-order valence-corrected chi connectivity index (χ0v) is 16.8. The first-order valence-corrected chi connectivity index (χ1v) is 10.9. The first-order valence-electron chi connectivity index (χ1n) is 9.50. The van der Waals surface area contributed by atoms with Gasteiger partial charge in [-0.3, -0.25) is 13.8 Å². The van der Waals surface area contributed by atoms with Crippen LogP contribution in [0.4, 0.5) is 0 Å². The molecule has 27 heavy (non-hydrogen) atoms. The van der Waals surface area contributed by atoms with E-state index in [0.29, 0.717) is 17.8 Å². The molecule has 1 aliphatic carbocycles. The van der Waals surface area contributed by atoms with Crippen LogP contribution in [0.2, 0.25) is 0 Å². The van der Waals surface area contributed by atoms with Crippen molar-refractivity contribution in [3.8, 4) is 5.69 Å². The maximum atomic E-state index is 12.1. The molecule has 0 aliphatic heterocycles. The normalized spacial score (nSPS) is 21.6. The summed E-state index contributed by atoms with van der Waals surface area (Å²) in [6.07, 6.45) is 5.90. The highest BCUT2D eigenvalue weighted by Gasteiger charge is 2.26. The average Bonchev–Trinajstić information content (AvgIpc) is 3.20. The zero-order chi connectivity index (χ0) is 19.1. The predicted molar refractivity (Wildman–Crippen MR) is 109 cm³/mol. The molecule has 0 amide bonds. The molecule has 1 saturated carbocycles. The van der Waals surface area contributed by atoms with Crippen LogP contribution in [-0.2, 0) is 17.3 Å². The third-order valence-electron chi connectivity index (χ3n) is 4.91. The van der Waals surface area contributed by atoms with Crippen molar-refractivity contribution in [2.75, 3.05) is 12.8 Å². The average molecular weight is 389 g/mol. The van der Waals surface area contributed by atoms with Gasteiger partial charge in [0.2, 0.25) is 0 Å². The van der Waals surface area contributed by atoms with E-state index in [9.17, 15) is 4.21 Å². The van der Waals surface area contributed by atoms with E-state index in [1.807, 2.05) is 41.8 Å². The summed E-state index contributed by atoms with van der Waals surface area (Å²) < 4.78 is 14.1. The Labute approximate surface area is 163 Å². The van der Waals surface area contributed by atoms with Crippen LogP contribution in [0.1, 0.15) is 38.4 Å². The molecule has 3 atom stereocenters. The third-order valence-corrected chi connectivity index (χ3v) is 6.65. The van der Waals surface area contributed by atoms with Crippen LogP contribution in [0.3, 0.4) is 0 Å². The van der Waals surface area contributed by atoms with Gasteiger partial charge in [-0.25, -0.2) is 0 Å². The number of hydrogen-bond acceptors (Lipinski definition) is 4. The van der Waals surface area contributed by atoms with Crippen molar-refractivity contribution in [3.63, 3.8) is 0 Å². The Balaban J connectivity index is 1.58. The first-order chi connectivity index (χ1) is 13.2. The summed E-state index contributed by atoms with van der Waals surface area (Å²) >= 11 is 0. The smallest absolute Gasteiger partial charge is 0.191 e. The maximum Gasteiger partial charge on any atom is 0.191 e. The number of hydrogen-bond donors (Lipinski definition) is 2.